The first kappa shape index (κ1) is 14.7. The van der Waals surface area contributed by atoms with Gasteiger partial charge in [0.1, 0.15) is 0 Å². The fourth-order valence-electron chi connectivity index (χ4n) is 2.57. The van der Waals surface area contributed by atoms with Crippen molar-refractivity contribution < 1.29 is 4.79 Å². The molecule has 0 unspecified atom stereocenters. The van der Waals surface area contributed by atoms with Crippen molar-refractivity contribution in [2.45, 2.75) is 32.7 Å². The maximum atomic E-state index is 12.2. The first-order valence-electron chi connectivity index (χ1n) is 7.60. The van der Waals surface area contributed by atoms with Gasteiger partial charge in [-0.1, -0.05) is 32.0 Å². The molecule has 110 valence electrons. The molecule has 20 heavy (non-hydrogen) atoms. The number of benzene rings is 1. The Hall–Kier alpha value is -1.71. The summed E-state index contributed by atoms with van der Waals surface area (Å²) in [6.07, 6.45) is 1.98. The number of anilines is 1. The Morgan fingerprint density at radius 1 is 1.10 bits per heavy atom. The molecule has 1 aliphatic rings. The van der Waals surface area contributed by atoms with Gasteiger partial charge in [-0.3, -0.25) is 0 Å². The number of hydrogen-bond donors (Lipinski definition) is 1. The lowest BCUT2D eigenvalue weighted by molar-refractivity contribution is 0.189. The topological polar surface area (TPSA) is 35.6 Å². The Bertz CT molecular complexity index is 409. The minimum Gasteiger partial charge on any atom is -0.368 e. The van der Waals surface area contributed by atoms with Crippen LogP contribution in [0, 0.1) is 0 Å². The third-order valence-corrected chi connectivity index (χ3v) is 4.00. The summed E-state index contributed by atoms with van der Waals surface area (Å²) < 4.78 is 0. The molecule has 0 radical (unpaired) electrons. The SMILES string of the molecule is CCC(CC)NC(=O)N1CCN(c2ccccc2)CC1. The number of nitrogens with zero attached hydrogens (tertiary/aromatic N) is 2. The fourth-order valence-corrected chi connectivity index (χ4v) is 2.57. The summed E-state index contributed by atoms with van der Waals surface area (Å²) in [6, 6.07) is 10.8. The molecule has 4 heteroatoms. The molecule has 1 N–H and O–H groups in total. The summed E-state index contributed by atoms with van der Waals surface area (Å²) in [5.41, 5.74) is 1.24. The van der Waals surface area contributed by atoms with Crippen LogP contribution in [-0.2, 0) is 0 Å². The average molecular weight is 275 g/mol. The van der Waals surface area contributed by atoms with Gasteiger partial charge >= 0.3 is 6.03 Å². The van der Waals surface area contributed by atoms with Gasteiger partial charge in [0.2, 0.25) is 0 Å². The molecule has 1 aromatic carbocycles. The van der Waals surface area contributed by atoms with Gasteiger partial charge in [-0.05, 0) is 25.0 Å². The number of amides is 2. The average Bonchev–Trinajstić information content (AvgIpc) is 2.53. The molecule has 1 saturated heterocycles. The standard InChI is InChI=1S/C16H25N3O/c1-3-14(4-2)17-16(20)19-12-10-18(11-13-19)15-8-6-5-7-9-15/h5-9,14H,3-4,10-13H2,1-2H3,(H,17,20). The lowest BCUT2D eigenvalue weighted by Crippen LogP contribution is -2.53. The summed E-state index contributed by atoms with van der Waals surface area (Å²) in [5, 5.41) is 3.11. The van der Waals surface area contributed by atoms with Crippen LogP contribution in [0.15, 0.2) is 30.3 Å². The molecule has 2 amide bonds. The smallest absolute Gasteiger partial charge is 0.317 e. The molecule has 0 spiro atoms. The van der Waals surface area contributed by atoms with Crippen molar-refractivity contribution in [3.05, 3.63) is 30.3 Å². The predicted octanol–water partition coefficient (Wildman–Crippen LogP) is 2.71. The summed E-state index contributed by atoms with van der Waals surface area (Å²) in [7, 11) is 0. The molecule has 4 nitrogen and oxygen atoms in total. The summed E-state index contributed by atoms with van der Waals surface area (Å²) >= 11 is 0. The largest absolute Gasteiger partial charge is 0.368 e. The summed E-state index contributed by atoms with van der Waals surface area (Å²) in [4.78, 5) is 16.4. The highest BCUT2D eigenvalue weighted by atomic mass is 16.2. The first-order chi connectivity index (χ1) is 9.74. The maximum Gasteiger partial charge on any atom is 0.317 e. The van der Waals surface area contributed by atoms with Crippen LogP contribution < -0.4 is 10.2 Å². The monoisotopic (exact) mass is 275 g/mol. The van der Waals surface area contributed by atoms with E-state index in [-0.39, 0.29) is 6.03 Å². The summed E-state index contributed by atoms with van der Waals surface area (Å²) in [6.45, 7) is 7.62. The molecule has 0 aromatic heterocycles. The van der Waals surface area contributed by atoms with Crippen molar-refractivity contribution in [1.82, 2.24) is 10.2 Å². The number of para-hydroxylation sites is 1. The molecule has 0 aliphatic carbocycles. The van der Waals surface area contributed by atoms with Crippen molar-refractivity contribution in [2.24, 2.45) is 0 Å². The Labute approximate surface area is 121 Å². The zero-order chi connectivity index (χ0) is 14.4. The molecule has 0 bridgehead atoms. The van der Waals surface area contributed by atoms with E-state index in [0.717, 1.165) is 39.0 Å². The van der Waals surface area contributed by atoms with E-state index in [1.54, 1.807) is 0 Å². The fraction of sp³-hybridized carbons (Fsp3) is 0.562. The molecular weight excluding hydrogens is 250 g/mol. The zero-order valence-electron chi connectivity index (χ0n) is 12.5. The van der Waals surface area contributed by atoms with Gasteiger partial charge in [-0.2, -0.15) is 0 Å². The predicted molar refractivity (Wildman–Crippen MR) is 83.1 cm³/mol. The molecule has 1 aromatic rings. The van der Waals surface area contributed by atoms with E-state index >= 15 is 0 Å². The van der Waals surface area contributed by atoms with Crippen molar-refractivity contribution in [1.29, 1.82) is 0 Å². The Morgan fingerprint density at radius 2 is 1.70 bits per heavy atom. The van der Waals surface area contributed by atoms with Gasteiger partial charge < -0.3 is 15.1 Å². The van der Waals surface area contributed by atoms with Gasteiger partial charge in [0, 0.05) is 37.9 Å². The normalized spacial score (nSPS) is 15.6. The third kappa shape index (κ3) is 3.65. The van der Waals surface area contributed by atoms with Crippen LogP contribution in [0.3, 0.4) is 0 Å². The van der Waals surface area contributed by atoms with Crippen LogP contribution in [0.4, 0.5) is 10.5 Å². The molecular formula is C16H25N3O. The molecule has 0 saturated carbocycles. The van der Waals surface area contributed by atoms with Gasteiger partial charge in [0.15, 0.2) is 0 Å². The quantitative estimate of drug-likeness (QED) is 0.917. The van der Waals surface area contributed by atoms with Crippen LogP contribution in [-0.4, -0.2) is 43.2 Å². The number of carbonyl (C=O) groups excluding carboxylic acids is 1. The molecule has 1 aliphatic heterocycles. The zero-order valence-corrected chi connectivity index (χ0v) is 12.5. The number of piperazine rings is 1. The second-order valence-electron chi connectivity index (χ2n) is 5.27. The van der Waals surface area contributed by atoms with E-state index in [1.807, 2.05) is 11.0 Å². The van der Waals surface area contributed by atoms with Gasteiger partial charge in [-0.25, -0.2) is 4.79 Å². The maximum absolute atomic E-state index is 12.2. The van der Waals surface area contributed by atoms with E-state index in [1.165, 1.54) is 5.69 Å². The minimum atomic E-state index is 0.0893. The second kappa shape index (κ2) is 7.17. The Balaban J connectivity index is 1.83. The second-order valence-corrected chi connectivity index (χ2v) is 5.27. The number of carbonyl (C=O) groups is 1. The lowest BCUT2D eigenvalue weighted by atomic mass is 10.2. The van der Waals surface area contributed by atoms with E-state index < -0.39 is 0 Å². The highest BCUT2D eigenvalue weighted by molar-refractivity contribution is 5.75. The third-order valence-electron chi connectivity index (χ3n) is 4.00. The Morgan fingerprint density at radius 3 is 2.25 bits per heavy atom. The number of rotatable bonds is 4. The lowest BCUT2D eigenvalue weighted by Gasteiger charge is -2.36. The highest BCUT2D eigenvalue weighted by Gasteiger charge is 2.22. The van der Waals surface area contributed by atoms with Crippen molar-refractivity contribution in [2.75, 3.05) is 31.1 Å². The van der Waals surface area contributed by atoms with Crippen LogP contribution in [0.25, 0.3) is 0 Å². The van der Waals surface area contributed by atoms with E-state index in [2.05, 4.69) is 48.3 Å². The van der Waals surface area contributed by atoms with Gasteiger partial charge in [0.05, 0.1) is 0 Å². The molecule has 0 atom stereocenters. The van der Waals surface area contributed by atoms with E-state index in [0.29, 0.717) is 6.04 Å². The highest BCUT2D eigenvalue weighted by Crippen LogP contribution is 2.15. The first-order valence-corrected chi connectivity index (χ1v) is 7.60. The van der Waals surface area contributed by atoms with E-state index in [9.17, 15) is 4.79 Å². The van der Waals surface area contributed by atoms with Crippen molar-refractivity contribution in [3.8, 4) is 0 Å². The van der Waals surface area contributed by atoms with Crippen LogP contribution >= 0.6 is 0 Å². The van der Waals surface area contributed by atoms with Crippen LogP contribution in [0.5, 0.6) is 0 Å². The molecule has 2 rings (SSSR count). The van der Waals surface area contributed by atoms with Crippen LogP contribution in [0.1, 0.15) is 26.7 Å². The molecule has 1 heterocycles. The van der Waals surface area contributed by atoms with Gasteiger partial charge in [-0.15, -0.1) is 0 Å². The minimum absolute atomic E-state index is 0.0893. The number of hydrogen-bond acceptors (Lipinski definition) is 2. The van der Waals surface area contributed by atoms with Crippen LogP contribution in [0.2, 0.25) is 0 Å². The number of urea groups is 1. The van der Waals surface area contributed by atoms with Crippen molar-refractivity contribution in [3.63, 3.8) is 0 Å². The molecule has 1 fully saturated rings. The number of nitrogens with one attached hydrogen (secondary N) is 1. The van der Waals surface area contributed by atoms with Crippen molar-refractivity contribution >= 4 is 11.7 Å². The van der Waals surface area contributed by atoms with E-state index in [4.69, 9.17) is 0 Å². The van der Waals surface area contributed by atoms with Gasteiger partial charge in [0.25, 0.3) is 0 Å². The Kier molecular flexibility index (Phi) is 5.27. The summed E-state index contributed by atoms with van der Waals surface area (Å²) in [5.74, 6) is 0.